The van der Waals surface area contributed by atoms with E-state index in [1.807, 2.05) is 0 Å². The fourth-order valence-corrected chi connectivity index (χ4v) is 1.60. The van der Waals surface area contributed by atoms with Crippen LogP contribution in [0.15, 0.2) is 41.1 Å². The predicted molar refractivity (Wildman–Crippen MR) is 58.5 cm³/mol. The third kappa shape index (κ3) is 3.10. The summed E-state index contributed by atoms with van der Waals surface area (Å²) in [5, 5.41) is 6.39. The highest BCUT2D eigenvalue weighted by Gasteiger charge is 2.32. The number of hydrogen-bond donors (Lipinski definition) is 1. The summed E-state index contributed by atoms with van der Waals surface area (Å²) >= 11 is 0. The van der Waals surface area contributed by atoms with Crippen LogP contribution in [0.3, 0.4) is 0 Å². The maximum absolute atomic E-state index is 12.7. The molecule has 1 aromatic carbocycles. The average Bonchev–Trinajstić information content (AvgIpc) is 2.81. The van der Waals surface area contributed by atoms with Crippen LogP contribution in [0.1, 0.15) is 16.9 Å². The Labute approximate surface area is 102 Å². The molecular formula is C12H11F3N2O. The van der Waals surface area contributed by atoms with Gasteiger partial charge in [-0.1, -0.05) is 23.4 Å². The van der Waals surface area contributed by atoms with Crippen molar-refractivity contribution in [1.29, 1.82) is 0 Å². The second kappa shape index (κ2) is 5.22. The van der Waals surface area contributed by atoms with Crippen LogP contribution in [0, 0.1) is 0 Å². The van der Waals surface area contributed by atoms with Gasteiger partial charge in [-0.05, 0) is 11.6 Å². The average molecular weight is 256 g/mol. The van der Waals surface area contributed by atoms with Gasteiger partial charge in [0.1, 0.15) is 5.76 Å². The topological polar surface area (TPSA) is 38.1 Å². The number of nitrogens with zero attached hydrogens (tertiary/aromatic N) is 1. The molecule has 0 radical (unpaired) electrons. The molecule has 2 rings (SSSR count). The van der Waals surface area contributed by atoms with E-state index in [9.17, 15) is 13.2 Å². The van der Waals surface area contributed by atoms with E-state index in [-0.39, 0.29) is 12.1 Å². The van der Waals surface area contributed by atoms with E-state index in [0.29, 0.717) is 12.3 Å². The summed E-state index contributed by atoms with van der Waals surface area (Å²) in [7, 11) is 0. The van der Waals surface area contributed by atoms with Crippen molar-refractivity contribution < 1.29 is 17.7 Å². The minimum Gasteiger partial charge on any atom is -0.360 e. The van der Waals surface area contributed by atoms with Gasteiger partial charge in [-0.15, -0.1) is 0 Å². The monoisotopic (exact) mass is 256 g/mol. The number of benzene rings is 1. The first-order chi connectivity index (χ1) is 8.57. The van der Waals surface area contributed by atoms with E-state index in [1.54, 1.807) is 12.1 Å². The zero-order chi connectivity index (χ0) is 13.0. The third-order valence-electron chi connectivity index (χ3n) is 2.43. The molecule has 0 bridgehead atoms. The van der Waals surface area contributed by atoms with Crippen molar-refractivity contribution in [3.63, 3.8) is 0 Å². The summed E-state index contributed by atoms with van der Waals surface area (Å²) in [4.78, 5) is 0. The molecule has 0 aliphatic heterocycles. The smallest absolute Gasteiger partial charge is 0.360 e. The molecule has 1 N–H and O–H groups in total. The van der Waals surface area contributed by atoms with Crippen LogP contribution in [0.25, 0.3) is 0 Å². The van der Waals surface area contributed by atoms with Crippen LogP contribution in [0.4, 0.5) is 13.2 Å². The van der Waals surface area contributed by atoms with Crippen LogP contribution in [0.5, 0.6) is 0 Å². The minimum absolute atomic E-state index is 0.121. The molecule has 6 heteroatoms. The fraction of sp³-hybridized carbons (Fsp3) is 0.250. The van der Waals surface area contributed by atoms with Crippen LogP contribution in [-0.4, -0.2) is 5.16 Å². The quantitative estimate of drug-likeness (QED) is 0.913. The fourth-order valence-electron chi connectivity index (χ4n) is 1.60. The van der Waals surface area contributed by atoms with E-state index in [1.165, 1.54) is 18.3 Å². The first-order valence-corrected chi connectivity index (χ1v) is 5.33. The molecule has 18 heavy (non-hydrogen) atoms. The SMILES string of the molecule is FC(F)(F)c1ccccc1CNCc1ccno1. The molecule has 0 fully saturated rings. The van der Waals surface area contributed by atoms with Gasteiger partial charge < -0.3 is 9.84 Å². The molecule has 0 aliphatic carbocycles. The molecule has 3 nitrogen and oxygen atoms in total. The van der Waals surface area contributed by atoms with Crippen molar-refractivity contribution in [2.75, 3.05) is 0 Å². The highest BCUT2D eigenvalue weighted by Crippen LogP contribution is 2.31. The van der Waals surface area contributed by atoms with Crippen LogP contribution >= 0.6 is 0 Å². The third-order valence-corrected chi connectivity index (χ3v) is 2.43. The standard InChI is InChI=1S/C12H11F3N2O/c13-12(14,15)11-4-2-1-3-9(11)7-16-8-10-5-6-17-18-10/h1-6,16H,7-8H2. The number of rotatable bonds is 4. The number of alkyl halides is 3. The maximum atomic E-state index is 12.7. The van der Waals surface area contributed by atoms with Crippen molar-refractivity contribution in [3.8, 4) is 0 Å². The van der Waals surface area contributed by atoms with Crippen molar-refractivity contribution in [2.45, 2.75) is 19.3 Å². The van der Waals surface area contributed by atoms with Crippen LogP contribution < -0.4 is 5.32 Å². The summed E-state index contributed by atoms with van der Waals surface area (Å²) < 4.78 is 42.9. The number of nitrogens with one attached hydrogen (secondary N) is 1. The highest BCUT2D eigenvalue weighted by atomic mass is 19.4. The lowest BCUT2D eigenvalue weighted by Crippen LogP contribution is -2.17. The maximum Gasteiger partial charge on any atom is 0.416 e. The number of halogens is 3. The zero-order valence-corrected chi connectivity index (χ0v) is 9.37. The molecule has 0 atom stereocenters. The second-order valence-corrected chi connectivity index (χ2v) is 3.74. The number of aromatic nitrogens is 1. The summed E-state index contributed by atoms with van der Waals surface area (Å²) in [5.74, 6) is 0.583. The molecule has 0 amide bonds. The van der Waals surface area contributed by atoms with Crippen LogP contribution in [-0.2, 0) is 19.3 Å². The summed E-state index contributed by atoms with van der Waals surface area (Å²) in [6.07, 6.45) is -2.84. The molecule has 0 saturated heterocycles. The molecule has 0 spiro atoms. The van der Waals surface area contributed by atoms with Crippen molar-refractivity contribution in [3.05, 3.63) is 53.4 Å². The number of hydrogen-bond acceptors (Lipinski definition) is 3. The largest absolute Gasteiger partial charge is 0.416 e. The van der Waals surface area contributed by atoms with Gasteiger partial charge in [0, 0.05) is 12.6 Å². The van der Waals surface area contributed by atoms with Gasteiger partial charge in [-0.25, -0.2) is 0 Å². The molecule has 0 unspecified atom stereocenters. The Morgan fingerprint density at radius 2 is 1.89 bits per heavy atom. The molecule has 1 aromatic heterocycles. The lowest BCUT2D eigenvalue weighted by Gasteiger charge is -2.12. The lowest BCUT2D eigenvalue weighted by molar-refractivity contribution is -0.138. The highest BCUT2D eigenvalue weighted by molar-refractivity contribution is 5.29. The van der Waals surface area contributed by atoms with E-state index < -0.39 is 11.7 Å². The van der Waals surface area contributed by atoms with Gasteiger partial charge >= 0.3 is 6.18 Å². The molecule has 2 aromatic rings. The first kappa shape index (κ1) is 12.6. The normalized spacial score (nSPS) is 11.7. The van der Waals surface area contributed by atoms with E-state index in [2.05, 4.69) is 10.5 Å². The van der Waals surface area contributed by atoms with E-state index in [0.717, 1.165) is 6.07 Å². The molecule has 96 valence electrons. The molecular weight excluding hydrogens is 245 g/mol. The summed E-state index contributed by atoms with van der Waals surface area (Å²) in [6.45, 7) is 0.461. The Morgan fingerprint density at radius 1 is 1.11 bits per heavy atom. The lowest BCUT2D eigenvalue weighted by atomic mass is 10.1. The van der Waals surface area contributed by atoms with Gasteiger partial charge in [0.25, 0.3) is 0 Å². The van der Waals surface area contributed by atoms with Crippen molar-refractivity contribution in [1.82, 2.24) is 10.5 Å². The van der Waals surface area contributed by atoms with Gasteiger partial charge in [0.05, 0.1) is 18.3 Å². The van der Waals surface area contributed by atoms with Gasteiger partial charge in [0.15, 0.2) is 0 Å². The van der Waals surface area contributed by atoms with Crippen molar-refractivity contribution in [2.24, 2.45) is 0 Å². The molecule has 0 saturated carbocycles. The van der Waals surface area contributed by atoms with Crippen molar-refractivity contribution >= 4 is 0 Å². The van der Waals surface area contributed by atoms with Gasteiger partial charge in [-0.2, -0.15) is 13.2 Å². The second-order valence-electron chi connectivity index (χ2n) is 3.74. The van der Waals surface area contributed by atoms with E-state index >= 15 is 0 Å². The molecule has 1 heterocycles. The van der Waals surface area contributed by atoms with E-state index in [4.69, 9.17) is 4.52 Å². The van der Waals surface area contributed by atoms with Gasteiger partial charge in [0.2, 0.25) is 0 Å². The summed E-state index contributed by atoms with van der Waals surface area (Å²) in [5.41, 5.74) is -0.403. The Kier molecular flexibility index (Phi) is 3.66. The summed E-state index contributed by atoms with van der Waals surface area (Å²) in [6, 6.07) is 7.15. The Morgan fingerprint density at radius 3 is 2.56 bits per heavy atom. The Hall–Kier alpha value is -1.82. The first-order valence-electron chi connectivity index (χ1n) is 5.33. The Balaban J connectivity index is 2.01. The minimum atomic E-state index is -4.33. The molecule has 0 aliphatic rings. The predicted octanol–water partition coefficient (Wildman–Crippen LogP) is 2.98. The van der Waals surface area contributed by atoms with Gasteiger partial charge in [-0.3, -0.25) is 0 Å². The zero-order valence-electron chi connectivity index (χ0n) is 9.37. The Bertz CT molecular complexity index is 494. The van der Waals surface area contributed by atoms with Crippen LogP contribution in [0.2, 0.25) is 0 Å².